The third kappa shape index (κ3) is 2.65. The summed E-state index contributed by atoms with van der Waals surface area (Å²) in [6.07, 6.45) is 2.59. The molecule has 1 heterocycles. The molecule has 1 saturated carbocycles. The van der Waals surface area contributed by atoms with Gasteiger partial charge >= 0.3 is 0 Å². The van der Waals surface area contributed by atoms with Gasteiger partial charge in [-0.3, -0.25) is 0 Å². The second-order valence-electron chi connectivity index (χ2n) is 4.21. The highest BCUT2D eigenvalue weighted by Gasteiger charge is 2.21. The van der Waals surface area contributed by atoms with Crippen LogP contribution in [0.25, 0.3) is 11.3 Å². The van der Waals surface area contributed by atoms with Gasteiger partial charge in [-0.15, -0.1) is 5.10 Å². The normalized spacial score (nSPS) is 15.1. The van der Waals surface area contributed by atoms with Gasteiger partial charge in [-0.1, -0.05) is 28.2 Å². The Balaban J connectivity index is 1.81. The van der Waals surface area contributed by atoms with Gasteiger partial charge in [-0.25, -0.2) is 0 Å². The third-order valence-corrected chi connectivity index (χ3v) is 3.78. The van der Waals surface area contributed by atoms with Crippen molar-refractivity contribution in [3.63, 3.8) is 0 Å². The lowest BCUT2D eigenvalue weighted by molar-refractivity contribution is 0.695. The highest BCUT2D eigenvalue weighted by atomic mass is 35.5. The minimum atomic E-state index is 0.704. The van der Waals surface area contributed by atoms with Gasteiger partial charge in [0, 0.05) is 23.2 Å². The lowest BCUT2D eigenvalue weighted by Gasteiger charge is -2.02. The zero-order valence-corrected chi connectivity index (χ0v) is 10.8. The molecule has 5 heteroatoms. The van der Waals surface area contributed by atoms with E-state index in [0.29, 0.717) is 6.04 Å². The molecule has 88 valence electrons. The standard InChI is InChI=1S/C12H12ClN3S/c13-9-3-1-8(2-4-9)12-11(17-16-15-12)7-14-10-5-6-10/h1-4,10,14H,5-7H2. The molecule has 3 nitrogen and oxygen atoms in total. The van der Waals surface area contributed by atoms with Crippen molar-refractivity contribution in [2.75, 3.05) is 0 Å². The summed E-state index contributed by atoms with van der Waals surface area (Å²) in [5.41, 5.74) is 2.05. The van der Waals surface area contributed by atoms with Gasteiger partial charge < -0.3 is 5.32 Å². The predicted octanol–water partition coefficient (Wildman–Crippen LogP) is 3.11. The topological polar surface area (TPSA) is 37.8 Å². The number of benzene rings is 1. The van der Waals surface area contributed by atoms with Gasteiger partial charge in [-0.05, 0) is 36.5 Å². The van der Waals surface area contributed by atoms with E-state index in [4.69, 9.17) is 11.6 Å². The van der Waals surface area contributed by atoms with Gasteiger partial charge in [0.05, 0.1) is 4.88 Å². The molecule has 0 saturated heterocycles. The summed E-state index contributed by atoms with van der Waals surface area (Å²) in [4.78, 5) is 1.19. The third-order valence-electron chi connectivity index (χ3n) is 2.80. The van der Waals surface area contributed by atoms with Crippen LogP contribution in [0, 0.1) is 0 Å². The maximum Gasteiger partial charge on any atom is 0.110 e. The maximum absolute atomic E-state index is 5.88. The molecular weight excluding hydrogens is 254 g/mol. The Hall–Kier alpha value is -0.970. The first kappa shape index (κ1) is 11.1. The van der Waals surface area contributed by atoms with Crippen LogP contribution >= 0.6 is 23.1 Å². The summed E-state index contributed by atoms with van der Waals surface area (Å²) < 4.78 is 4.04. The molecule has 17 heavy (non-hydrogen) atoms. The zero-order chi connectivity index (χ0) is 11.7. The minimum absolute atomic E-state index is 0.704. The Morgan fingerprint density at radius 3 is 2.76 bits per heavy atom. The van der Waals surface area contributed by atoms with Crippen molar-refractivity contribution < 1.29 is 0 Å². The van der Waals surface area contributed by atoms with Crippen LogP contribution in [0.5, 0.6) is 0 Å². The van der Waals surface area contributed by atoms with Crippen LogP contribution in [0.15, 0.2) is 24.3 Å². The second kappa shape index (κ2) is 4.72. The molecule has 0 amide bonds. The van der Waals surface area contributed by atoms with E-state index >= 15 is 0 Å². The number of hydrogen-bond donors (Lipinski definition) is 1. The van der Waals surface area contributed by atoms with Crippen molar-refractivity contribution in [2.45, 2.75) is 25.4 Å². The molecule has 1 aromatic heterocycles. The first-order valence-electron chi connectivity index (χ1n) is 5.63. The molecule has 0 aliphatic heterocycles. The Morgan fingerprint density at radius 1 is 1.29 bits per heavy atom. The van der Waals surface area contributed by atoms with Crippen molar-refractivity contribution in [3.05, 3.63) is 34.2 Å². The summed E-state index contributed by atoms with van der Waals surface area (Å²) in [7, 11) is 0. The van der Waals surface area contributed by atoms with E-state index in [2.05, 4.69) is 14.9 Å². The monoisotopic (exact) mass is 265 g/mol. The highest BCUT2D eigenvalue weighted by Crippen LogP contribution is 2.26. The molecule has 0 radical (unpaired) electrons. The number of nitrogens with one attached hydrogen (secondary N) is 1. The molecule has 0 unspecified atom stereocenters. The minimum Gasteiger partial charge on any atom is -0.309 e. The van der Waals surface area contributed by atoms with E-state index in [-0.39, 0.29) is 0 Å². The summed E-state index contributed by atoms with van der Waals surface area (Å²) >= 11 is 7.34. The summed E-state index contributed by atoms with van der Waals surface area (Å²) in [5, 5.41) is 8.43. The van der Waals surface area contributed by atoms with Crippen LogP contribution in [-0.4, -0.2) is 15.6 Å². The first-order chi connectivity index (χ1) is 8.33. The molecule has 1 aliphatic rings. The highest BCUT2D eigenvalue weighted by molar-refractivity contribution is 7.05. The average molecular weight is 266 g/mol. The Kier molecular flexibility index (Phi) is 3.09. The van der Waals surface area contributed by atoms with Crippen molar-refractivity contribution in [3.8, 4) is 11.3 Å². The van der Waals surface area contributed by atoms with Crippen LogP contribution in [0.1, 0.15) is 17.7 Å². The van der Waals surface area contributed by atoms with Crippen molar-refractivity contribution in [1.29, 1.82) is 0 Å². The fourth-order valence-electron chi connectivity index (χ4n) is 1.68. The molecule has 2 aromatic rings. The van der Waals surface area contributed by atoms with Gasteiger partial charge in [-0.2, -0.15) is 0 Å². The molecule has 1 N–H and O–H groups in total. The lowest BCUT2D eigenvalue weighted by Crippen LogP contribution is -2.14. The van der Waals surface area contributed by atoms with Crippen LogP contribution in [0.2, 0.25) is 5.02 Å². The second-order valence-corrected chi connectivity index (χ2v) is 5.48. The molecule has 1 fully saturated rings. The van der Waals surface area contributed by atoms with Crippen LogP contribution in [0.3, 0.4) is 0 Å². The van der Waals surface area contributed by atoms with E-state index in [0.717, 1.165) is 22.8 Å². The van der Waals surface area contributed by atoms with Crippen molar-refractivity contribution >= 4 is 23.1 Å². The molecule has 1 aliphatic carbocycles. The van der Waals surface area contributed by atoms with Crippen LogP contribution in [-0.2, 0) is 6.54 Å². The van der Waals surface area contributed by atoms with Crippen LogP contribution < -0.4 is 5.32 Å². The van der Waals surface area contributed by atoms with Gasteiger partial charge in [0.15, 0.2) is 0 Å². The molecule has 3 rings (SSSR count). The van der Waals surface area contributed by atoms with E-state index in [1.54, 1.807) is 0 Å². The van der Waals surface area contributed by atoms with Gasteiger partial charge in [0.1, 0.15) is 5.69 Å². The maximum atomic E-state index is 5.88. The SMILES string of the molecule is Clc1ccc(-c2nnsc2CNC2CC2)cc1. The molecular formula is C12H12ClN3S. The number of nitrogens with zero attached hydrogens (tertiary/aromatic N) is 2. The summed E-state index contributed by atoms with van der Waals surface area (Å²) in [6.45, 7) is 0.861. The van der Waals surface area contributed by atoms with E-state index in [1.165, 1.54) is 29.3 Å². The molecule has 0 atom stereocenters. The average Bonchev–Trinajstić information content (AvgIpc) is 3.06. The van der Waals surface area contributed by atoms with Gasteiger partial charge in [0.25, 0.3) is 0 Å². The van der Waals surface area contributed by atoms with Crippen molar-refractivity contribution in [2.24, 2.45) is 0 Å². The van der Waals surface area contributed by atoms with E-state index in [1.807, 2.05) is 24.3 Å². The number of halogens is 1. The molecule has 0 spiro atoms. The number of aromatic nitrogens is 2. The Bertz CT molecular complexity index is 505. The summed E-state index contributed by atoms with van der Waals surface area (Å²) in [5.74, 6) is 0. The van der Waals surface area contributed by atoms with Crippen molar-refractivity contribution in [1.82, 2.24) is 14.9 Å². The zero-order valence-electron chi connectivity index (χ0n) is 9.19. The number of rotatable bonds is 4. The van der Waals surface area contributed by atoms with Gasteiger partial charge in [0.2, 0.25) is 0 Å². The Morgan fingerprint density at radius 2 is 2.06 bits per heavy atom. The van der Waals surface area contributed by atoms with E-state index < -0.39 is 0 Å². The fourth-order valence-corrected chi connectivity index (χ4v) is 2.42. The fraction of sp³-hybridized carbons (Fsp3) is 0.333. The molecule has 0 bridgehead atoms. The van der Waals surface area contributed by atoms with Crippen LogP contribution in [0.4, 0.5) is 0 Å². The summed E-state index contributed by atoms with van der Waals surface area (Å²) in [6, 6.07) is 8.44. The predicted molar refractivity (Wildman–Crippen MR) is 70.2 cm³/mol. The first-order valence-corrected chi connectivity index (χ1v) is 6.78. The number of hydrogen-bond acceptors (Lipinski definition) is 4. The molecule has 1 aromatic carbocycles. The quantitative estimate of drug-likeness (QED) is 0.923. The smallest absolute Gasteiger partial charge is 0.110 e. The largest absolute Gasteiger partial charge is 0.309 e. The van der Waals surface area contributed by atoms with E-state index in [9.17, 15) is 0 Å². The lowest BCUT2D eigenvalue weighted by atomic mass is 10.1. The Labute approximate surface area is 109 Å².